The molecule has 0 aromatic heterocycles. The fraction of sp³-hybridized carbons (Fsp3) is 0.429. The lowest BCUT2D eigenvalue weighted by atomic mass is 10.0. The molecule has 21 heavy (non-hydrogen) atoms. The van der Waals surface area contributed by atoms with Crippen LogP contribution in [0.25, 0.3) is 0 Å². The van der Waals surface area contributed by atoms with Crippen LogP contribution in [0.4, 0.5) is 5.69 Å². The number of Topliss-reactive ketones (excluding diaryl/α,β-unsaturated/α-hetero) is 1. The van der Waals surface area contributed by atoms with Crippen molar-refractivity contribution in [3.63, 3.8) is 0 Å². The minimum absolute atomic E-state index is 0.168. The summed E-state index contributed by atoms with van der Waals surface area (Å²) < 4.78 is 4.83. The van der Waals surface area contributed by atoms with Gasteiger partial charge in [-0.3, -0.25) is 19.7 Å². The van der Waals surface area contributed by atoms with E-state index in [0.29, 0.717) is 0 Å². The molecule has 1 N–H and O–H groups in total. The summed E-state index contributed by atoms with van der Waals surface area (Å²) in [7, 11) is 0. The van der Waals surface area contributed by atoms with E-state index in [9.17, 15) is 24.8 Å². The van der Waals surface area contributed by atoms with Crippen LogP contribution in [-0.4, -0.2) is 27.9 Å². The van der Waals surface area contributed by atoms with E-state index in [-0.39, 0.29) is 23.8 Å². The molecular weight excluding hydrogens is 278 g/mol. The molecule has 0 saturated carbocycles. The topological polar surface area (TPSA) is 107 Å². The maximum absolute atomic E-state index is 11.6. The quantitative estimate of drug-likeness (QED) is 0.356. The first-order chi connectivity index (χ1) is 9.79. The van der Waals surface area contributed by atoms with Crippen molar-refractivity contribution in [3.8, 4) is 0 Å². The molecule has 1 rings (SSSR count). The number of carbonyl (C=O) groups is 2. The van der Waals surface area contributed by atoms with Gasteiger partial charge in [-0.15, -0.1) is 0 Å². The minimum atomic E-state index is -1.19. The van der Waals surface area contributed by atoms with Crippen LogP contribution in [0.3, 0.4) is 0 Å². The molecular formula is C14H17NO6. The van der Waals surface area contributed by atoms with Gasteiger partial charge in [0.25, 0.3) is 5.69 Å². The molecule has 1 atom stereocenters. The Morgan fingerprint density at radius 2 is 2.05 bits per heavy atom. The van der Waals surface area contributed by atoms with Gasteiger partial charge in [-0.05, 0) is 19.4 Å². The third kappa shape index (κ3) is 5.70. The fourth-order valence-corrected chi connectivity index (χ4v) is 1.72. The van der Waals surface area contributed by atoms with Gasteiger partial charge < -0.3 is 9.84 Å². The van der Waals surface area contributed by atoms with E-state index in [1.54, 1.807) is 13.8 Å². The summed E-state index contributed by atoms with van der Waals surface area (Å²) in [6, 6.07) is 5.40. The molecule has 7 nitrogen and oxygen atoms in total. The molecule has 1 aromatic carbocycles. The molecule has 0 spiro atoms. The normalized spacial score (nSPS) is 12.0. The van der Waals surface area contributed by atoms with Crippen LogP contribution in [-0.2, 0) is 14.3 Å². The van der Waals surface area contributed by atoms with Gasteiger partial charge in [0, 0.05) is 18.6 Å². The van der Waals surface area contributed by atoms with Crippen molar-refractivity contribution < 1.29 is 24.4 Å². The van der Waals surface area contributed by atoms with Crippen LogP contribution in [0.1, 0.15) is 38.4 Å². The number of nitro benzene ring substituents is 1. The van der Waals surface area contributed by atoms with Crippen molar-refractivity contribution in [2.45, 2.75) is 38.9 Å². The van der Waals surface area contributed by atoms with Gasteiger partial charge in [-0.1, -0.05) is 12.1 Å². The van der Waals surface area contributed by atoms with E-state index < -0.39 is 29.2 Å². The van der Waals surface area contributed by atoms with Gasteiger partial charge in [0.15, 0.2) is 0 Å². The number of benzene rings is 1. The maximum atomic E-state index is 11.6. The first-order valence-electron chi connectivity index (χ1n) is 6.43. The van der Waals surface area contributed by atoms with Crippen LogP contribution in [0.15, 0.2) is 24.3 Å². The van der Waals surface area contributed by atoms with Gasteiger partial charge in [0.2, 0.25) is 0 Å². The van der Waals surface area contributed by atoms with Crippen molar-refractivity contribution in [1.29, 1.82) is 0 Å². The molecule has 0 fully saturated rings. The number of non-ortho nitro benzene ring substituents is 1. The summed E-state index contributed by atoms with van der Waals surface area (Å²) in [4.78, 5) is 33.0. The summed E-state index contributed by atoms with van der Waals surface area (Å²) in [6.07, 6.45) is -2.23. The lowest BCUT2D eigenvalue weighted by Gasteiger charge is -2.11. The van der Waals surface area contributed by atoms with E-state index in [1.807, 2.05) is 0 Å². The summed E-state index contributed by atoms with van der Waals surface area (Å²) in [5.74, 6) is -1.14. The number of nitrogens with zero attached hydrogens (tertiary/aromatic N) is 1. The van der Waals surface area contributed by atoms with Crippen LogP contribution in [0.2, 0.25) is 0 Å². The molecule has 1 unspecified atom stereocenters. The third-order valence-electron chi connectivity index (χ3n) is 2.60. The van der Waals surface area contributed by atoms with Gasteiger partial charge in [-0.2, -0.15) is 0 Å². The molecule has 0 heterocycles. The number of rotatable bonds is 7. The number of ether oxygens (including phenoxy) is 1. The highest BCUT2D eigenvalue weighted by Crippen LogP contribution is 2.22. The molecule has 0 aliphatic rings. The van der Waals surface area contributed by atoms with Crippen molar-refractivity contribution in [2.24, 2.45) is 0 Å². The van der Waals surface area contributed by atoms with Crippen LogP contribution < -0.4 is 0 Å². The van der Waals surface area contributed by atoms with Crippen molar-refractivity contribution in [3.05, 3.63) is 39.9 Å². The second-order valence-electron chi connectivity index (χ2n) is 4.83. The highest BCUT2D eigenvalue weighted by molar-refractivity contribution is 5.95. The van der Waals surface area contributed by atoms with E-state index in [0.717, 1.165) is 0 Å². The molecule has 0 aliphatic carbocycles. The summed E-state index contributed by atoms with van der Waals surface area (Å²) in [6.45, 7) is 3.33. The zero-order chi connectivity index (χ0) is 16.0. The Morgan fingerprint density at radius 1 is 1.38 bits per heavy atom. The summed E-state index contributed by atoms with van der Waals surface area (Å²) in [5, 5.41) is 20.5. The Hall–Kier alpha value is -2.28. The summed E-state index contributed by atoms with van der Waals surface area (Å²) >= 11 is 0. The van der Waals surface area contributed by atoms with Gasteiger partial charge in [0.1, 0.15) is 12.2 Å². The number of esters is 1. The lowest BCUT2D eigenvalue weighted by molar-refractivity contribution is -0.385. The second kappa shape index (κ2) is 7.49. The molecule has 0 saturated heterocycles. The second-order valence-corrected chi connectivity index (χ2v) is 4.83. The number of aliphatic hydroxyl groups is 1. The largest absolute Gasteiger partial charge is 0.463 e. The summed E-state index contributed by atoms with van der Waals surface area (Å²) in [5.41, 5.74) is 0.0907. The third-order valence-corrected chi connectivity index (χ3v) is 2.60. The highest BCUT2D eigenvalue weighted by atomic mass is 16.6. The standard InChI is InChI=1S/C14H17NO6/c1-9(2)21-14(18)8-12(16)7-13(17)10-4-3-5-11(6-10)15(19)20/h3-6,9,13,17H,7-8H2,1-2H3. The average Bonchev–Trinajstić information content (AvgIpc) is 2.37. The molecule has 0 amide bonds. The minimum Gasteiger partial charge on any atom is -0.463 e. The molecule has 0 bridgehead atoms. The van der Waals surface area contributed by atoms with Gasteiger partial charge in [0.05, 0.1) is 17.1 Å². The zero-order valence-electron chi connectivity index (χ0n) is 11.8. The first-order valence-corrected chi connectivity index (χ1v) is 6.43. The number of ketones is 1. The van der Waals surface area contributed by atoms with E-state index in [1.165, 1.54) is 24.3 Å². The Labute approximate surface area is 121 Å². The van der Waals surface area contributed by atoms with Crippen LogP contribution in [0, 0.1) is 10.1 Å². The fourth-order valence-electron chi connectivity index (χ4n) is 1.72. The molecule has 0 aliphatic heterocycles. The van der Waals surface area contributed by atoms with Gasteiger partial charge >= 0.3 is 5.97 Å². The van der Waals surface area contributed by atoms with Gasteiger partial charge in [-0.25, -0.2) is 0 Å². The Balaban J connectivity index is 2.62. The predicted octanol–water partition coefficient (Wildman–Crippen LogP) is 1.93. The monoisotopic (exact) mass is 295 g/mol. The molecule has 0 radical (unpaired) electrons. The number of hydrogen-bond donors (Lipinski definition) is 1. The average molecular weight is 295 g/mol. The van der Waals surface area contributed by atoms with E-state index in [4.69, 9.17) is 4.74 Å². The van der Waals surface area contributed by atoms with Crippen molar-refractivity contribution in [2.75, 3.05) is 0 Å². The lowest BCUT2D eigenvalue weighted by Crippen LogP contribution is -2.17. The number of aliphatic hydroxyl groups excluding tert-OH is 1. The molecule has 114 valence electrons. The number of nitro groups is 1. The Bertz CT molecular complexity index is 540. The highest BCUT2D eigenvalue weighted by Gasteiger charge is 2.19. The SMILES string of the molecule is CC(C)OC(=O)CC(=O)CC(O)c1cccc([N+](=O)[O-])c1. The Morgan fingerprint density at radius 3 is 2.62 bits per heavy atom. The van der Waals surface area contributed by atoms with Crippen LogP contribution >= 0.6 is 0 Å². The van der Waals surface area contributed by atoms with E-state index in [2.05, 4.69) is 0 Å². The van der Waals surface area contributed by atoms with Crippen LogP contribution in [0.5, 0.6) is 0 Å². The Kier molecular flexibility index (Phi) is 5.98. The maximum Gasteiger partial charge on any atom is 0.313 e. The smallest absolute Gasteiger partial charge is 0.313 e. The predicted molar refractivity (Wildman–Crippen MR) is 73.5 cm³/mol. The first kappa shape index (κ1) is 16.8. The zero-order valence-corrected chi connectivity index (χ0v) is 11.8. The molecule has 7 heteroatoms. The number of hydrogen-bond acceptors (Lipinski definition) is 6. The van der Waals surface area contributed by atoms with E-state index >= 15 is 0 Å². The molecule has 1 aromatic rings. The number of carbonyl (C=O) groups excluding carboxylic acids is 2. The van der Waals surface area contributed by atoms with Crippen molar-refractivity contribution in [1.82, 2.24) is 0 Å². The van der Waals surface area contributed by atoms with Crippen molar-refractivity contribution >= 4 is 17.4 Å².